The molecule has 0 radical (unpaired) electrons. The van der Waals surface area contributed by atoms with Crippen LogP contribution in [0.15, 0.2) is 30.3 Å². The highest BCUT2D eigenvalue weighted by Gasteiger charge is 2.32. The summed E-state index contributed by atoms with van der Waals surface area (Å²) in [6.45, 7) is 3.59. The van der Waals surface area contributed by atoms with Crippen LogP contribution in [0.1, 0.15) is 19.4 Å². The summed E-state index contributed by atoms with van der Waals surface area (Å²) < 4.78 is 9.74. The number of amides is 1. The molecule has 0 bridgehead atoms. The van der Waals surface area contributed by atoms with E-state index in [0.717, 1.165) is 0 Å². The number of fused-ring (bicyclic) bond motifs is 1. The second-order valence-electron chi connectivity index (χ2n) is 4.62. The Morgan fingerprint density at radius 3 is 2.64 bits per heavy atom. The molecule has 22 heavy (non-hydrogen) atoms. The van der Waals surface area contributed by atoms with E-state index >= 15 is 0 Å². The van der Waals surface area contributed by atoms with Gasteiger partial charge in [0.15, 0.2) is 0 Å². The predicted octanol–water partition coefficient (Wildman–Crippen LogP) is 1.54. The zero-order valence-corrected chi connectivity index (χ0v) is 12.5. The van der Waals surface area contributed by atoms with Crippen molar-refractivity contribution in [2.24, 2.45) is 0 Å². The van der Waals surface area contributed by atoms with Crippen LogP contribution in [-0.4, -0.2) is 37.6 Å². The molecule has 2 rings (SSSR count). The minimum atomic E-state index is -0.553. The van der Waals surface area contributed by atoms with Gasteiger partial charge in [-0.25, -0.2) is 4.79 Å². The fourth-order valence-corrected chi connectivity index (χ4v) is 2.25. The van der Waals surface area contributed by atoms with E-state index in [4.69, 9.17) is 9.47 Å². The van der Waals surface area contributed by atoms with E-state index in [-0.39, 0.29) is 31.2 Å². The first-order valence-corrected chi connectivity index (χ1v) is 6.97. The molecule has 1 aliphatic rings. The van der Waals surface area contributed by atoms with Crippen molar-refractivity contribution in [3.05, 3.63) is 35.9 Å². The summed E-state index contributed by atoms with van der Waals surface area (Å²) in [5.74, 6) is -1.26. The number of hydrogen-bond donors (Lipinski definition) is 0. The van der Waals surface area contributed by atoms with Crippen LogP contribution >= 0.6 is 0 Å². The summed E-state index contributed by atoms with van der Waals surface area (Å²) in [7, 11) is 0. The minimum absolute atomic E-state index is 0.0993. The maximum atomic E-state index is 12.5. The third-order valence-corrected chi connectivity index (χ3v) is 3.13. The van der Waals surface area contributed by atoms with Crippen molar-refractivity contribution >= 4 is 29.1 Å². The molecule has 1 aromatic carbocycles. The summed E-state index contributed by atoms with van der Waals surface area (Å²) in [6.07, 6.45) is 1.20. The zero-order chi connectivity index (χ0) is 16.1. The number of anilines is 1. The van der Waals surface area contributed by atoms with Gasteiger partial charge >= 0.3 is 11.9 Å². The van der Waals surface area contributed by atoms with Crippen molar-refractivity contribution in [3.8, 4) is 0 Å². The number of esters is 2. The third kappa shape index (κ3) is 3.33. The number of hydrogen-bond acceptors (Lipinski definition) is 5. The summed E-state index contributed by atoms with van der Waals surface area (Å²) in [4.78, 5) is 36.4. The smallest absolute Gasteiger partial charge is 0.331 e. The molecule has 6 heteroatoms. The van der Waals surface area contributed by atoms with E-state index < -0.39 is 11.9 Å². The van der Waals surface area contributed by atoms with E-state index in [1.165, 1.54) is 17.9 Å². The first kappa shape index (κ1) is 15.8. The average Bonchev–Trinajstić information content (AvgIpc) is 2.73. The summed E-state index contributed by atoms with van der Waals surface area (Å²) in [5, 5.41) is 0. The van der Waals surface area contributed by atoms with Gasteiger partial charge in [-0.15, -0.1) is 0 Å². The van der Waals surface area contributed by atoms with Crippen molar-refractivity contribution in [2.75, 3.05) is 24.7 Å². The number of benzene rings is 1. The maximum Gasteiger partial charge on any atom is 0.331 e. The van der Waals surface area contributed by atoms with Crippen molar-refractivity contribution in [3.63, 3.8) is 0 Å². The van der Waals surface area contributed by atoms with E-state index in [1.54, 1.807) is 31.2 Å². The lowest BCUT2D eigenvalue weighted by atomic mass is 10.1. The molecule has 0 unspecified atom stereocenters. The molecule has 1 aliphatic heterocycles. The highest BCUT2D eigenvalue weighted by atomic mass is 16.5. The lowest BCUT2D eigenvalue weighted by molar-refractivity contribution is -0.141. The van der Waals surface area contributed by atoms with E-state index in [1.807, 2.05) is 0 Å². The predicted molar refractivity (Wildman–Crippen MR) is 80.0 cm³/mol. The molecule has 0 atom stereocenters. The molecule has 1 heterocycles. The van der Waals surface area contributed by atoms with Crippen LogP contribution in [0.5, 0.6) is 0 Å². The highest BCUT2D eigenvalue weighted by Crippen LogP contribution is 2.36. The van der Waals surface area contributed by atoms with E-state index in [9.17, 15) is 14.4 Å². The number of carbonyl (C=O) groups excluding carboxylic acids is 3. The van der Waals surface area contributed by atoms with Crippen molar-refractivity contribution in [1.29, 1.82) is 0 Å². The fourth-order valence-electron chi connectivity index (χ4n) is 2.25. The summed E-state index contributed by atoms with van der Waals surface area (Å²) >= 11 is 0. The van der Waals surface area contributed by atoms with Gasteiger partial charge in [-0.2, -0.15) is 0 Å². The Labute approximate surface area is 128 Å². The van der Waals surface area contributed by atoms with E-state index in [2.05, 4.69) is 0 Å². The third-order valence-electron chi connectivity index (χ3n) is 3.13. The van der Waals surface area contributed by atoms with Crippen LogP contribution in [0.2, 0.25) is 0 Å². The van der Waals surface area contributed by atoms with Gasteiger partial charge in [0, 0.05) is 18.6 Å². The molecule has 0 fully saturated rings. The lowest BCUT2D eigenvalue weighted by Crippen LogP contribution is -2.30. The molecule has 6 nitrogen and oxygen atoms in total. The molecule has 0 N–H and O–H groups in total. The van der Waals surface area contributed by atoms with Crippen LogP contribution in [0.3, 0.4) is 0 Å². The first-order chi connectivity index (χ1) is 10.5. The number of ether oxygens (including phenoxy) is 2. The topological polar surface area (TPSA) is 72.9 Å². The normalized spacial score (nSPS) is 14.9. The molecule has 1 amide bonds. The first-order valence-electron chi connectivity index (χ1n) is 6.97. The SMILES string of the molecule is CCOC(=O)C=C1C(=O)N(CCOC(C)=O)c2ccccc21. The molecular weight excluding hydrogens is 286 g/mol. The number of para-hydroxylation sites is 1. The van der Waals surface area contributed by atoms with Crippen LogP contribution < -0.4 is 4.90 Å². The van der Waals surface area contributed by atoms with Gasteiger partial charge in [-0.3, -0.25) is 9.59 Å². The number of carbonyl (C=O) groups is 3. The van der Waals surface area contributed by atoms with Gasteiger partial charge in [0.05, 0.1) is 24.4 Å². The fraction of sp³-hybridized carbons (Fsp3) is 0.312. The van der Waals surface area contributed by atoms with Gasteiger partial charge in [-0.05, 0) is 13.0 Å². The number of nitrogens with zero attached hydrogens (tertiary/aromatic N) is 1. The maximum absolute atomic E-state index is 12.5. The molecular formula is C16H17NO5. The quantitative estimate of drug-likeness (QED) is 0.609. The summed E-state index contributed by atoms with van der Waals surface area (Å²) in [5.41, 5.74) is 1.65. The van der Waals surface area contributed by atoms with Crippen molar-refractivity contribution in [2.45, 2.75) is 13.8 Å². The van der Waals surface area contributed by atoms with Crippen LogP contribution in [0.4, 0.5) is 5.69 Å². The highest BCUT2D eigenvalue weighted by molar-refractivity contribution is 6.34. The Morgan fingerprint density at radius 2 is 1.95 bits per heavy atom. The zero-order valence-electron chi connectivity index (χ0n) is 12.5. The molecule has 0 saturated heterocycles. The van der Waals surface area contributed by atoms with Crippen LogP contribution in [0.25, 0.3) is 5.57 Å². The molecule has 1 aromatic rings. The lowest BCUT2D eigenvalue weighted by Gasteiger charge is -2.16. The Bertz CT molecular complexity index is 635. The van der Waals surface area contributed by atoms with Gasteiger partial charge in [0.25, 0.3) is 5.91 Å². The Morgan fingerprint density at radius 1 is 1.23 bits per heavy atom. The second-order valence-corrected chi connectivity index (χ2v) is 4.62. The van der Waals surface area contributed by atoms with Crippen molar-refractivity contribution in [1.82, 2.24) is 0 Å². The van der Waals surface area contributed by atoms with Gasteiger partial charge < -0.3 is 14.4 Å². The Kier molecular flexibility index (Phi) is 4.93. The standard InChI is InChI=1S/C16H17NO5/c1-3-21-15(19)10-13-12-6-4-5-7-14(12)17(16(13)20)8-9-22-11(2)18/h4-7,10H,3,8-9H2,1-2H3. The molecule has 0 spiro atoms. The van der Waals surface area contributed by atoms with Crippen LogP contribution in [0, 0.1) is 0 Å². The molecule has 0 aliphatic carbocycles. The molecule has 0 aromatic heterocycles. The van der Waals surface area contributed by atoms with Crippen LogP contribution in [-0.2, 0) is 23.9 Å². The van der Waals surface area contributed by atoms with Gasteiger partial charge in [0.2, 0.25) is 0 Å². The monoisotopic (exact) mass is 303 g/mol. The second kappa shape index (κ2) is 6.89. The van der Waals surface area contributed by atoms with Crippen molar-refractivity contribution < 1.29 is 23.9 Å². The minimum Gasteiger partial charge on any atom is -0.464 e. The summed E-state index contributed by atoms with van der Waals surface area (Å²) in [6, 6.07) is 7.15. The van der Waals surface area contributed by atoms with Gasteiger partial charge in [0.1, 0.15) is 6.61 Å². The Balaban J connectivity index is 2.26. The van der Waals surface area contributed by atoms with Gasteiger partial charge in [-0.1, -0.05) is 18.2 Å². The molecule has 0 saturated carbocycles. The molecule has 116 valence electrons. The van der Waals surface area contributed by atoms with E-state index in [0.29, 0.717) is 11.3 Å². The largest absolute Gasteiger partial charge is 0.464 e. The average molecular weight is 303 g/mol. The Hall–Kier alpha value is -2.63. The number of rotatable bonds is 5.